The predicted octanol–water partition coefficient (Wildman–Crippen LogP) is 4.68. The van der Waals surface area contributed by atoms with E-state index in [-0.39, 0.29) is 28.9 Å². The SMILES string of the molecule is CCC(=O)N[C@H]1C(C)(C)[C@@H]2C[C@@H]3[C@@H](c4cccc(Oc5ncccn5)c4)OCCC31C2. The molecule has 1 N–H and O–H groups in total. The molecular formula is C25H31N3O3. The number of carbonyl (C=O) groups excluding carboxylic acids is 1. The first-order valence-electron chi connectivity index (χ1n) is 11.4. The van der Waals surface area contributed by atoms with Crippen LogP contribution in [-0.2, 0) is 9.53 Å². The molecule has 0 radical (unpaired) electrons. The van der Waals surface area contributed by atoms with Gasteiger partial charge in [0, 0.05) is 31.5 Å². The predicted molar refractivity (Wildman–Crippen MR) is 117 cm³/mol. The molecular weight excluding hydrogens is 390 g/mol. The van der Waals surface area contributed by atoms with Crippen LogP contribution in [0, 0.1) is 22.7 Å². The van der Waals surface area contributed by atoms with Gasteiger partial charge in [-0.2, -0.15) is 0 Å². The van der Waals surface area contributed by atoms with E-state index in [9.17, 15) is 4.79 Å². The molecule has 2 bridgehead atoms. The van der Waals surface area contributed by atoms with Crippen molar-refractivity contribution >= 4 is 5.91 Å². The third-order valence-electron chi connectivity index (χ3n) is 8.07. The second-order valence-electron chi connectivity index (χ2n) is 9.90. The Balaban J connectivity index is 1.44. The van der Waals surface area contributed by atoms with Gasteiger partial charge in [-0.25, -0.2) is 9.97 Å². The number of rotatable bonds is 5. The van der Waals surface area contributed by atoms with Crippen molar-refractivity contribution in [2.75, 3.05) is 6.61 Å². The van der Waals surface area contributed by atoms with Gasteiger partial charge < -0.3 is 14.8 Å². The molecule has 2 aliphatic carbocycles. The number of fused-ring (bicyclic) bond motifs is 1. The molecule has 1 aromatic carbocycles. The van der Waals surface area contributed by atoms with Crippen LogP contribution in [-0.4, -0.2) is 28.5 Å². The largest absolute Gasteiger partial charge is 0.424 e. The standard InChI is InChI=1S/C25H31N3O3/c1-4-20(29)28-22-24(2,3)17-14-19-21(30-12-9-25(19,22)15-17)16-7-5-8-18(13-16)31-23-26-10-6-11-27-23/h5-8,10-11,13,17,19,21-22H,4,9,12,14-15H2,1-3H3,(H,28,29)/t17-,19-,21-,22+,25?/m1/s1. The molecule has 5 rings (SSSR count). The summed E-state index contributed by atoms with van der Waals surface area (Å²) in [7, 11) is 0. The molecule has 6 nitrogen and oxygen atoms in total. The molecule has 5 atom stereocenters. The Morgan fingerprint density at radius 2 is 2.06 bits per heavy atom. The number of carbonyl (C=O) groups is 1. The average Bonchev–Trinajstić information content (AvgIpc) is 3.27. The van der Waals surface area contributed by atoms with Crippen LogP contribution in [0.5, 0.6) is 11.8 Å². The third-order valence-corrected chi connectivity index (χ3v) is 8.07. The molecule has 31 heavy (non-hydrogen) atoms. The number of nitrogens with one attached hydrogen (secondary N) is 1. The van der Waals surface area contributed by atoms with Crippen LogP contribution in [0.25, 0.3) is 0 Å². The third kappa shape index (κ3) is 3.32. The molecule has 1 saturated heterocycles. The van der Waals surface area contributed by atoms with Crippen LogP contribution in [0.2, 0.25) is 0 Å². The van der Waals surface area contributed by atoms with Gasteiger partial charge in [0.2, 0.25) is 5.91 Å². The van der Waals surface area contributed by atoms with E-state index in [2.05, 4.69) is 41.3 Å². The Hall–Kier alpha value is -2.47. The fourth-order valence-corrected chi connectivity index (χ4v) is 6.58. The molecule has 2 saturated carbocycles. The smallest absolute Gasteiger partial charge is 0.321 e. The van der Waals surface area contributed by atoms with E-state index in [1.165, 1.54) is 6.42 Å². The molecule has 6 heteroatoms. The number of hydrogen-bond acceptors (Lipinski definition) is 5. The Labute approximate surface area is 183 Å². The molecule has 1 amide bonds. The average molecular weight is 422 g/mol. The van der Waals surface area contributed by atoms with Crippen molar-refractivity contribution < 1.29 is 14.3 Å². The highest BCUT2D eigenvalue weighted by Gasteiger charge is 2.68. The van der Waals surface area contributed by atoms with E-state index in [1.54, 1.807) is 18.5 Å². The van der Waals surface area contributed by atoms with E-state index in [0.717, 1.165) is 25.0 Å². The van der Waals surface area contributed by atoms with Crippen molar-refractivity contribution in [3.63, 3.8) is 0 Å². The summed E-state index contributed by atoms with van der Waals surface area (Å²) in [6, 6.07) is 10.4. The highest BCUT2D eigenvalue weighted by Crippen LogP contribution is 2.70. The van der Waals surface area contributed by atoms with Gasteiger partial charge in [-0.1, -0.05) is 32.9 Å². The lowest BCUT2D eigenvalue weighted by atomic mass is 9.59. The maximum Gasteiger partial charge on any atom is 0.321 e. The highest BCUT2D eigenvalue weighted by molar-refractivity contribution is 5.76. The van der Waals surface area contributed by atoms with E-state index in [4.69, 9.17) is 9.47 Å². The van der Waals surface area contributed by atoms with Crippen LogP contribution in [0.1, 0.15) is 58.1 Å². The van der Waals surface area contributed by atoms with E-state index in [1.807, 2.05) is 19.1 Å². The fourth-order valence-electron chi connectivity index (χ4n) is 6.58. The number of aromatic nitrogens is 2. The molecule has 1 aromatic heterocycles. The Morgan fingerprint density at radius 3 is 2.84 bits per heavy atom. The molecule has 164 valence electrons. The first-order chi connectivity index (χ1) is 14.9. The summed E-state index contributed by atoms with van der Waals surface area (Å²) in [4.78, 5) is 20.7. The number of hydrogen-bond donors (Lipinski definition) is 1. The number of ether oxygens (including phenoxy) is 2. The van der Waals surface area contributed by atoms with E-state index >= 15 is 0 Å². The van der Waals surface area contributed by atoms with Crippen molar-refractivity contribution in [2.45, 2.75) is 58.6 Å². The van der Waals surface area contributed by atoms with Gasteiger partial charge >= 0.3 is 6.01 Å². The summed E-state index contributed by atoms with van der Waals surface area (Å²) in [5.74, 6) is 1.86. The molecule has 1 spiro atoms. The van der Waals surface area contributed by atoms with E-state index < -0.39 is 0 Å². The maximum absolute atomic E-state index is 12.4. The summed E-state index contributed by atoms with van der Waals surface area (Å²) in [6.45, 7) is 7.32. The molecule has 1 aliphatic heterocycles. The monoisotopic (exact) mass is 421 g/mol. The van der Waals surface area contributed by atoms with E-state index in [0.29, 0.717) is 30.0 Å². The van der Waals surface area contributed by atoms with Gasteiger partial charge in [-0.15, -0.1) is 0 Å². The zero-order valence-corrected chi connectivity index (χ0v) is 18.5. The highest BCUT2D eigenvalue weighted by atomic mass is 16.5. The summed E-state index contributed by atoms with van der Waals surface area (Å²) >= 11 is 0. The van der Waals surface area contributed by atoms with Gasteiger partial charge in [0.15, 0.2) is 0 Å². The van der Waals surface area contributed by atoms with Crippen LogP contribution in [0.3, 0.4) is 0 Å². The van der Waals surface area contributed by atoms with Gasteiger partial charge in [0.25, 0.3) is 0 Å². The Bertz CT molecular complexity index is 963. The topological polar surface area (TPSA) is 73.3 Å². The molecule has 3 aliphatic rings. The first-order valence-corrected chi connectivity index (χ1v) is 11.4. The quantitative estimate of drug-likeness (QED) is 0.759. The van der Waals surface area contributed by atoms with Crippen molar-refractivity contribution in [3.8, 4) is 11.8 Å². The maximum atomic E-state index is 12.4. The van der Waals surface area contributed by atoms with Crippen LogP contribution in [0.15, 0.2) is 42.7 Å². The lowest BCUT2D eigenvalue weighted by Crippen LogP contribution is -2.58. The minimum absolute atomic E-state index is 0.0103. The number of benzene rings is 1. The zero-order valence-electron chi connectivity index (χ0n) is 18.5. The molecule has 1 unspecified atom stereocenters. The van der Waals surface area contributed by atoms with Crippen molar-refractivity contribution in [3.05, 3.63) is 48.3 Å². The zero-order chi connectivity index (χ0) is 21.6. The summed E-state index contributed by atoms with van der Waals surface area (Å²) in [6.07, 6.45) is 7.20. The summed E-state index contributed by atoms with van der Waals surface area (Å²) in [5, 5.41) is 3.42. The Kier molecular flexibility index (Phi) is 5.00. The Morgan fingerprint density at radius 1 is 1.26 bits per heavy atom. The summed E-state index contributed by atoms with van der Waals surface area (Å²) < 4.78 is 12.2. The van der Waals surface area contributed by atoms with Crippen molar-refractivity contribution in [1.82, 2.24) is 15.3 Å². The van der Waals surface area contributed by atoms with Crippen molar-refractivity contribution in [1.29, 1.82) is 0 Å². The normalized spacial score (nSPS) is 33.0. The summed E-state index contributed by atoms with van der Waals surface area (Å²) in [5.41, 5.74) is 1.34. The molecule has 2 heterocycles. The van der Waals surface area contributed by atoms with Crippen molar-refractivity contribution in [2.24, 2.45) is 22.7 Å². The fraction of sp³-hybridized carbons (Fsp3) is 0.560. The molecule has 3 fully saturated rings. The van der Waals surface area contributed by atoms with Gasteiger partial charge in [-0.05, 0) is 65.7 Å². The van der Waals surface area contributed by atoms with Gasteiger partial charge in [0.05, 0.1) is 6.10 Å². The second-order valence-corrected chi connectivity index (χ2v) is 9.90. The lowest BCUT2D eigenvalue weighted by Gasteiger charge is -2.53. The first kappa shape index (κ1) is 20.4. The minimum Gasteiger partial charge on any atom is -0.424 e. The second kappa shape index (κ2) is 7.59. The number of nitrogens with zero attached hydrogens (tertiary/aromatic N) is 2. The van der Waals surface area contributed by atoms with Crippen LogP contribution in [0.4, 0.5) is 0 Å². The van der Waals surface area contributed by atoms with Crippen LogP contribution >= 0.6 is 0 Å². The van der Waals surface area contributed by atoms with Crippen LogP contribution < -0.4 is 10.1 Å². The number of amides is 1. The van der Waals surface area contributed by atoms with Gasteiger partial charge in [0.1, 0.15) is 5.75 Å². The minimum atomic E-state index is 0.0103. The van der Waals surface area contributed by atoms with Gasteiger partial charge in [-0.3, -0.25) is 4.79 Å². The molecule has 2 aromatic rings. The lowest BCUT2D eigenvalue weighted by molar-refractivity contribution is -0.137.